The van der Waals surface area contributed by atoms with Crippen LogP contribution in [0.15, 0.2) is 36.4 Å². The molecule has 2 N–H and O–H groups in total. The highest BCUT2D eigenvalue weighted by Gasteiger charge is 2.39. The van der Waals surface area contributed by atoms with E-state index in [1.54, 1.807) is 25.1 Å². The molecule has 2 amide bonds. The lowest BCUT2D eigenvalue weighted by atomic mass is 10.1. The average molecular weight is 270 g/mol. The lowest BCUT2D eigenvalue weighted by molar-refractivity contribution is 0.0925. The van der Waals surface area contributed by atoms with Crippen LogP contribution in [0.1, 0.15) is 26.3 Å². The summed E-state index contributed by atoms with van der Waals surface area (Å²) >= 11 is 0. The fourth-order valence-electron chi connectivity index (χ4n) is 2.32. The number of carbonyl (C=O) groups is 2. The molecule has 20 heavy (non-hydrogen) atoms. The molecule has 2 aromatic rings. The van der Waals surface area contributed by atoms with Crippen molar-refractivity contribution in [3.8, 4) is 0 Å². The molecule has 0 aliphatic carbocycles. The first kappa shape index (κ1) is 12.3. The van der Waals surface area contributed by atoms with E-state index in [4.69, 9.17) is 5.73 Å². The minimum atomic E-state index is -0.622. The number of carbonyl (C=O) groups excluding carboxylic acids is 2. The van der Waals surface area contributed by atoms with Gasteiger partial charge in [-0.2, -0.15) is 0 Å². The van der Waals surface area contributed by atoms with Gasteiger partial charge in [0.2, 0.25) is 0 Å². The van der Waals surface area contributed by atoms with Gasteiger partial charge in [-0.15, -0.1) is 0 Å². The van der Waals surface area contributed by atoms with Crippen molar-refractivity contribution in [3.05, 3.63) is 58.9 Å². The molecule has 1 aliphatic heterocycles. The molecular weight excluding hydrogens is 259 g/mol. The summed E-state index contributed by atoms with van der Waals surface area (Å²) < 4.78 is 13.9. The van der Waals surface area contributed by atoms with E-state index in [-0.39, 0.29) is 22.5 Å². The van der Waals surface area contributed by atoms with Crippen molar-refractivity contribution < 1.29 is 14.0 Å². The van der Waals surface area contributed by atoms with E-state index in [0.717, 1.165) is 10.5 Å². The summed E-state index contributed by atoms with van der Waals surface area (Å²) in [5, 5.41) is 0. The highest BCUT2D eigenvalue weighted by Crippen LogP contribution is 2.33. The molecule has 4 nitrogen and oxygen atoms in total. The summed E-state index contributed by atoms with van der Waals surface area (Å²) in [5.41, 5.74) is 7.01. The lowest BCUT2D eigenvalue weighted by Gasteiger charge is -2.15. The Hall–Kier alpha value is -2.69. The first-order valence-electron chi connectivity index (χ1n) is 6.04. The van der Waals surface area contributed by atoms with Crippen LogP contribution < -0.4 is 10.6 Å². The second kappa shape index (κ2) is 4.16. The normalized spacial score (nSPS) is 13.8. The van der Waals surface area contributed by atoms with Crippen LogP contribution in [0, 0.1) is 12.7 Å². The molecule has 100 valence electrons. The fourth-order valence-corrected chi connectivity index (χ4v) is 2.32. The summed E-state index contributed by atoms with van der Waals surface area (Å²) in [4.78, 5) is 25.5. The summed E-state index contributed by atoms with van der Waals surface area (Å²) in [6, 6.07) is 8.92. The zero-order valence-electron chi connectivity index (χ0n) is 10.7. The van der Waals surface area contributed by atoms with Crippen LogP contribution in [0.25, 0.3) is 0 Å². The number of nitrogens with zero attached hydrogens (tertiary/aromatic N) is 1. The van der Waals surface area contributed by atoms with Crippen LogP contribution in [-0.4, -0.2) is 11.8 Å². The van der Waals surface area contributed by atoms with Crippen molar-refractivity contribution in [1.82, 2.24) is 0 Å². The Kier molecular flexibility index (Phi) is 2.57. The molecular formula is C15H11FN2O2. The molecule has 0 saturated carbocycles. The Morgan fingerprint density at radius 2 is 1.85 bits per heavy atom. The number of hydrogen-bond donors (Lipinski definition) is 1. The van der Waals surface area contributed by atoms with Crippen LogP contribution in [0.5, 0.6) is 0 Å². The minimum absolute atomic E-state index is 0.0457. The van der Waals surface area contributed by atoms with Gasteiger partial charge in [0.25, 0.3) is 11.8 Å². The number of aryl methyl sites for hydroxylation is 1. The topological polar surface area (TPSA) is 63.4 Å². The van der Waals surface area contributed by atoms with Crippen LogP contribution in [0.4, 0.5) is 15.8 Å². The summed E-state index contributed by atoms with van der Waals surface area (Å²) in [5.74, 6) is -1.77. The van der Waals surface area contributed by atoms with Gasteiger partial charge in [-0.3, -0.25) is 9.59 Å². The number of rotatable bonds is 1. The molecule has 0 bridgehead atoms. The maximum Gasteiger partial charge on any atom is 0.268 e. The van der Waals surface area contributed by atoms with Gasteiger partial charge >= 0.3 is 0 Å². The highest BCUT2D eigenvalue weighted by atomic mass is 19.1. The number of hydrogen-bond acceptors (Lipinski definition) is 3. The first-order chi connectivity index (χ1) is 9.50. The predicted molar refractivity (Wildman–Crippen MR) is 73.1 cm³/mol. The largest absolute Gasteiger partial charge is 0.398 e. The van der Waals surface area contributed by atoms with Crippen molar-refractivity contribution >= 4 is 23.2 Å². The zero-order valence-corrected chi connectivity index (χ0v) is 10.7. The molecule has 0 unspecified atom stereocenters. The van der Waals surface area contributed by atoms with Gasteiger partial charge in [0.15, 0.2) is 0 Å². The van der Waals surface area contributed by atoms with Gasteiger partial charge in [0, 0.05) is 5.69 Å². The smallest absolute Gasteiger partial charge is 0.268 e. The van der Waals surface area contributed by atoms with Gasteiger partial charge in [0.05, 0.1) is 16.8 Å². The van der Waals surface area contributed by atoms with Gasteiger partial charge in [-0.1, -0.05) is 12.1 Å². The molecule has 0 radical (unpaired) electrons. The van der Waals surface area contributed by atoms with Crippen LogP contribution >= 0.6 is 0 Å². The Labute approximate surface area is 114 Å². The van der Waals surface area contributed by atoms with Gasteiger partial charge in [-0.05, 0) is 36.8 Å². The van der Waals surface area contributed by atoms with E-state index in [0.29, 0.717) is 0 Å². The maximum absolute atomic E-state index is 13.9. The number of anilines is 2. The number of halogens is 1. The molecule has 2 aromatic carbocycles. The molecule has 0 aromatic heterocycles. The van der Waals surface area contributed by atoms with Gasteiger partial charge in [0.1, 0.15) is 5.82 Å². The van der Waals surface area contributed by atoms with Crippen molar-refractivity contribution in [1.29, 1.82) is 0 Å². The van der Waals surface area contributed by atoms with Crippen LogP contribution in [0.2, 0.25) is 0 Å². The third-order valence-electron chi connectivity index (χ3n) is 3.29. The van der Waals surface area contributed by atoms with Gasteiger partial charge in [-0.25, -0.2) is 9.29 Å². The summed E-state index contributed by atoms with van der Waals surface area (Å²) in [6.45, 7) is 1.76. The average Bonchev–Trinajstić information content (AvgIpc) is 2.66. The Morgan fingerprint density at radius 1 is 1.10 bits per heavy atom. The number of nitrogen functional groups attached to an aromatic ring is 1. The standard InChI is InChI=1S/C15H11FN2O2/c1-8-5-6-10(16)12(7-8)18-14(19)9-3-2-4-11(17)13(9)15(18)20/h2-7H,17H2,1H3. The van der Waals surface area contributed by atoms with E-state index in [9.17, 15) is 14.0 Å². The van der Waals surface area contributed by atoms with E-state index < -0.39 is 17.6 Å². The quantitative estimate of drug-likeness (QED) is 0.639. The molecule has 3 rings (SSSR count). The van der Waals surface area contributed by atoms with Crippen molar-refractivity contribution in [2.75, 3.05) is 10.6 Å². The molecule has 0 saturated heterocycles. The predicted octanol–water partition coefficient (Wildman–Crippen LogP) is 2.52. The SMILES string of the molecule is Cc1ccc(F)c(N2C(=O)c3cccc(N)c3C2=O)c1. The van der Waals surface area contributed by atoms with Crippen molar-refractivity contribution in [3.63, 3.8) is 0 Å². The lowest BCUT2D eigenvalue weighted by Crippen LogP contribution is -2.30. The second-order valence-corrected chi connectivity index (χ2v) is 4.67. The Balaban J connectivity index is 2.19. The number of imide groups is 1. The first-order valence-corrected chi connectivity index (χ1v) is 6.04. The molecule has 0 fully saturated rings. The van der Waals surface area contributed by atoms with E-state index in [1.165, 1.54) is 18.2 Å². The number of benzene rings is 2. The molecule has 1 heterocycles. The van der Waals surface area contributed by atoms with Gasteiger partial charge < -0.3 is 5.73 Å². The maximum atomic E-state index is 13.9. The Bertz CT molecular complexity index is 756. The molecule has 1 aliphatic rings. The number of nitrogens with two attached hydrogens (primary N) is 1. The fraction of sp³-hybridized carbons (Fsp3) is 0.0667. The molecule has 0 atom stereocenters. The second-order valence-electron chi connectivity index (χ2n) is 4.67. The van der Waals surface area contributed by atoms with Crippen molar-refractivity contribution in [2.24, 2.45) is 0 Å². The number of amides is 2. The minimum Gasteiger partial charge on any atom is -0.398 e. The monoisotopic (exact) mass is 270 g/mol. The van der Waals surface area contributed by atoms with E-state index in [2.05, 4.69) is 0 Å². The summed E-state index contributed by atoms with van der Waals surface area (Å²) in [6.07, 6.45) is 0. The van der Waals surface area contributed by atoms with E-state index in [1.807, 2.05) is 0 Å². The van der Waals surface area contributed by atoms with E-state index >= 15 is 0 Å². The Morgan fingerprint density at radius 3 is 2.55 bits per heavy atom. The van der Waals surface area contributed by atoms with Crippen molar-refractivity contribution in [2.45, 2.75) is 6.92 Å². The van der Waals surface area contributed by atoms with Crippen LogP contribution in [0.3, 0.4) is 0 Å². The molecule has 0 spiro atoms. The summed E-state index contributed by atoms with van der Waals surface area (Å²) in [7, 11) is 0. The molecule has 5 heteroatoms. The zero-order chi connectivity index (χ0) is 14.4. The third-order valence-corrected chi connectivity index (χ3v) is 3.29. The van der Waals surface area contributed by atoms with Crippen LogP contribution in [-0.2, 0) is 0 Å². The third kappa shape index (κ3) is 1.60. The number of fused-ring (bicyclic) bond motifs is 1. The highest BCUT2D eigenvalue weighted by molar-refractivity contribution is 6.36.